The summed E-state index contributed by atoms with van der Waals surface area (Å²) in [5.41, 5.74) is -1.32. The molecule has 5 nitrogen and oxygen atoms in total. The summed E-state index contributed by atoms with van der Waals surface area (Å²) in [6.07, 6.45) is -0.286. The highest BCUT2D eigenvalue weighted by Gasteiger charge is 2.56. The molecule has 1 fully saturated rings. The lowest BCUT2D eigenvalue weighted by atomic mass is 9.85. The Morgan fingerprint density at radius 3 is 2.12 bits per heavy atom. The number of alkyl halides is 1. The van der Waals surface area contributed by atoms with Crippen LogP contribution in [0.3, 0.4) is 0 Å². The van der Waals surface area contributed by atoms with E-state index in [2.05, 4.69) is 32.1 Å². The van der Waals surface area contributed by atoms with Gasteiger partial charge in [-0.3, -0.25) is 9.59 Å². The molecule has 1 saturated carbocycles. The van der Waals surface area contributed by atoms with Gasteiger partial charge in [-0.2, -0.15) is 0 Å². The number of rotatable bonds is 3. The van der Waals surface area contributed by atoms with E-state index >= 15 is 0 Å². The fourth-order valence-electron chi connectivity index (χ4n) is 2.16. The lowest BCUT2D eigenvalue weighted by Crippen LogP contribution is -2.39. The summed E-state index contributed by atoms with van der Waals surface area (Å²) in [5.74, 6) is -1.31. The summed E-state index contributed by atoms with van der Waals surface area (Å²) in [7, 11) is 2.47. The van der Waals surface area contributed by atoms with Gasteiger partial charge in [-0.25, -0.2) is 0 Å². The molecule has 0 heterocycles. The summed E-state index contributed by atoms with van der Waals surface area (Å²) in [5, 5.41) is 9.79. The van der Waals surface area contributed by atoms with Crippen molar-refractivity contribution < 1.29 is 24.2 Å². The van der Waals surface area contributed by atoms with Crippen molar-refractivity contribution in [3.63, 3.8) is 0 Å². The van der Waals surface area contributed by atoms with Crippen LogP contribution in [0, 0.1) is 11.3 Å². The number of halogens is 1. The van der Waals surface area contributed by atoms with Crippen LogP contribution in [0.2, 0.25) is 0 Å². The molecule has 1 rings (SSSR count). The molecule has 0 radical (unpaired) electrons. The molecule has 2 atom stereocenters. The summed E-state index contributed by atoms with van der Waals surface area (Å²) in [6.45, 7) is 0. The maximum Gasteiger partial charge on any atom is 0.323 e. The standard InChI is InChI=1S/C10H15IO5/c1-15-8(13)10(9(14)16-2)3-6(5-11)7(12)4-10/h6-7,12H,3-5H2,1-2H3/t6-,7-/m1/s1. The van der Waals surface area contributed by atoms with E-state index in [1.54, 1.807) is 0 Å². The molecule has 0 aliphatic heterocycles. The third-order valence-corrected chi connectivity index (χ3v) is 4.19. The summed E-state index contributed by atoms with van der Waals surface area (Å²) in [4.78, 5) is 23.4. The molecule has 1 aliphatic carbocycles. The molecule has 0 spiro atoms. The number of aliphatic hydroxyl groups is 1. The van der Waals surface area contributed by atoms with Gasteiger partial charge in [0.25, 0.3) is 0 Å². The highest BCUT2D eigenvalue weighted by molar-refractivity contribution is 14.1. The first kappa shape index (κ1) is 13.7. The van der Waals surface area contributed by atoms with Gasteiger partial charge in [0.15, 0.2) is 5.41 Å². The van der Waals surface area contributed by atoms with Crippen LogP contribution in [0.4, 0.5) is 0 Å². The minimum Gasteiger partial charge on any atom is -0.468 e. The molecule has 0 aromatic carbocycles. The first-order valence-corrected chi connectivity index (χ1v) is 6.45. The first-order valence-electron chi connectivity index (χ1n) is 4.92. The molecular formula is C10H15IO5. The van der Waals surface area contributed by atoms with Crippen molar-refractivity contribution in [2.75, 3.05) is 18.6 Å². The van der Waals surface area contributed by atoms with Crippen LogP contribution >= 0.6 is 22.6 Å². The van der Waals surface area contributed by atoms with Crippen LogP contribution in [0.1, 0.15) is 12.8 Å². The molecule has 1 N–H and O–H groups in total. The third-order valence-electron chi connectivity index (χ3n) is 3.06. The zero-order valence-corrected chi connectivity index (χ0v) is 11.4. The van der Waals surface area contributed by atoms with Gasteiger partial charge in [0.2, 0.25) is 0 Å². The van der Waals surface area contributed by atoms with Crippen LogP contribution < -0.4 is 0 Å². The Kier molecular flexibility index (Phi) is 4.54. The molecule has 0 bridgehead atoms. The average molecular weight is 342 g/mol. The van der Waals surface area contributed by atoms with Crippen LogP contribution in [-0.2, 0) is 19.1 Å². The number of carbonyl (C=O) groups is 2. The Bertz CT molecular complexity index is 275. The van der Waals surface area contributed by atoms with Gasteiger partial charge in [0.05, 0.1) is 20.3 Å². The third kappa shape index (κ3) is 2.17. The van der Waals surface area contributed by atoms with Gasteiger partial charge in [0.1, 0.15) is 0 Å². The van der Waals surface area contributed by atoms with Crippen LogP contribution in [0.15, 0.2) is 0 Å². The number of ether oxygens (including phenoxy) is 2. The van der Waals surface area contributed by atoms with Crippen molar-refractivity contribution in [2.24, 2.45) is 11.3 Å². The van der Waals surface area contributed by atoms with E-state index in [0.717, 1.165) is 0 Å². The number of hydrogen-bond donors (Lipinski definition) is 1. The zero-order valence-electron chi connectivity index (χ0n) is 9.23. The van der Waals surface area contributed by atoms with Gasteiger partial charge in [-0.15, -0.1) is 0 Å². The topological polar surface area (TPSA) is 72.8 Å². The Morgan fingerprint density at radius 2 is 1.81 bits per heavy atom. The Balaban J connectivity index is 2.99. The van der Waals surface area contributed by atoms with Crippen LogP contribution in [-0.4, -0.2) is 41.8 Å². The predicted molar refractivity (Wildman–Crippen MR) is 64.1 cm³/mol. The van der Waals surface area contributed by atoms with Crippen molar-refractivity contribution in [3.8, 4) is 0 Å². The van der Waals surface area contributed by atoms with Crippen molar-refractivity contribution in [1.82, 2.24) is 0 Å². The van der Waals surface area contributed by atoms with Crippen LogP contribution in [0.25, 0.3) is 0 Å². The van der Waals surface area contributed by atoms with Gasteiger partial charge in [0, 0.05) is 10.8 Å². The highest BCUT2D eigenvalue weighted by Crippen LogP contribution is 2.44. The van der Waals surface area contributed by atoms with Gasteiger partial charge in [-0.1, -0.05) is 22.6 Å². The fourth-order valence-corrected chi connectivity index (χ4v) is 3.05. The quantitative estimate of drug-likeness (QED) is 0.351. The molecule has 0 saturated heterocycles. The maximum atomic E-state index is 11.7. The van der Waals surface area contributed by atoms with Gasteiger partial charge < -0.3 is 14.6 Å². The SMILES string of the molecule is COC(=O)C1(C(=O)OC)C[C@H](CI)[C@H](O)C1. The summed E-state index contributed by atoms with van der Waals surface area (Å²) in [6, 6.07) is 0. The van der Waals surface area contributed by atoms with Crippen molar-refractivity contribution in [3.05, 3.63) is 0 Å². The number of aliphatic hydroxyl groups excluding tert-OH is 1. The van der Waals surface area contributed by atoms with E-state index in [4.69, 9.17) is 0 Å². The second-order valence-electron chi connectivity index (χ2n) is 3.96. The van der Waals surface area contributed by atoms with E-state index in [-0.39, 0.29) is 18.8 Å². The molecule has 16 heavy (non-hydrogen) atoms. The van der Waals surface area contributed by atoms with E-state index < -0.39 is 23.5 Å². The van der Waals surface area contributed by atoms with E-state index in [1.807, 2.05) is 0 Å². The molecule has 0 aromatic rings. The van der Waals surface area contributed by atoms with Crippen molar-refractivity contribution in [2.45, 2.75) is 18.9 Å². The van der Waals surface area contributed by atoms with Crippen molar-refractivity contribution in [1.29, 1.82) is 0 Å². The molecule has 0 unspecified atom stereocenters. The van der Waals surface area contributed by atoms with Gasteiger partial charge in [-0.05, 0) is 12.3 Å². The number of esters is 2. The fraction of sp³-hybridized carbons (Fsp3) is 0.800. The lowest BCUT2D eigenvalue weighted by Gasteiger charge is -2.22. The molecule has 0 amide bonds. The normalized spacial score (nSPS) is 27.5. The largest absolute Gasteiger partial charge is 0.468 e. The molecule has 0 aromatic heterocycles. The highest BCUT2D eigenvalue weighted by atomic mass is 127. The molecule has 1 aliphatic rings. The van der Waals surface area contributed by atoms with Crippen molar-refractivity contribution >= 4 is 34.5 Å². The van der Waals surface area contributed by atoms with E-state index in [0.29, 0.717) is 4.43 Å². The molecular weight excluding hydrogens is 327 g/mol. The lowest BCUT2D eigenvalue weighted by molar-refractivity contribution is -0.169. The monoisotopic (exact) mass is 342 g/mol. The maximum absolute atomic E-state index is 11.7. The smallest absolute Gasteiger partial charge is 0.323 e. The Morgan fingerprint density at radius 1 is 1.31 bits per heavy atom. The molecule has 6 heteroatoms. The van der Waals surface area contributed by atoms with Gasteiger partial charge >= 0.3 is 11.9 Å². The number of carbonyl (C=O) groups excluding carboxylic acids is 2. The minimum absolute atomic E-state index is 0.0706. The first-order chi connectivity index (χ1) is 7.51. The van der Waals surface area contributed by atoms with E-state index in [9.17, 15) is 14.7 Å². The average Bonchev–Trinajstić information content (AvgIpc) is 2.65. The van der Waals surface area contributed by atoms with Crippen LogP contribution in [0.5, 0.6) is 0 Å². The predicted octanol–water partition coefficient (Wildman–Crippen LogP) is 0.525. The minimum atomic E-state index is -1.32. The zero-order chi connectivity index (χ0) is 12.3. The number of hydrogen-bond acceptors (Lipinski definition) is 5. The second kappa shape index (κ2) is 5.31. The number of methoxy groups -OCH3 is 2. The Hall–Kier alpha value is -0.370. The van der Waals surface area contributed by atoms with E-state index in [1.165, 1.54) is 14.2 Å². The second-order valence-corrected chi connectivity index (χ2v) is 4.84. The summed E-state index contributed by atoms with van der Waals surface area (Å²) < 4.78 is 9.99. The molecule has 92 valence electrons. The summed E-state index contributed by atoms with van der Waals surface area (Å²) >= 11 is 2.13. The Labute approximate surface area is 108 Å².